The van der Waals surface area contributed by atoms with Gasteiger partial charge in [0.05, 0.1) is 49.9 Å². The van der Waals surface area contributed by atoms with Gasteiger partial charge in [-0.1, -0.05) is 91.0 Å². The highest BCUT2D eigenvalue weighted by Gasteiger charge is 2.26. The molecule has 0 aliphatic carbocycles. The van der Waals surface area contributed by atoms with Crippen LogP contribution in [0.25, 0.3) is 82.5 Å². The first-order valence-electron chi connectivity index (χ1n) is 16.3. The number of fused-ring (bicyclic) bond motifs is 11. The van der Waals surface area contributed by atoms with Gasteiger partial charge in [0.25, 0.3) is 0 Å². The minimum Gasteiger partial charge on any atom is -0.309 e. The fourth-order valence-electron chi connectivity index (χ4n) is 7.98. The van der Waals surface area contributed by atoms with Crippen LogP contribution in [-0.2, 0) is 0 Å². The maximum absolute atomic E-state index is 10.8. The van der Waals surface area contributed by atoms with Crippen LogP contribution in [0.5, 0.6) is 0 Å². The zero-order valence-electron chi connectivity index (χ0n) is 26.2. The molecule has 0 aliphatic heterocycles. The van der Waals surface area contributed by atoms with E-state index < -0.39 is 0 Å². The SMILES string of the molecule is N#Cc1ccccc1-n1c2ccccc2c2c1c(C#N)cc1c3ccc4c(c5ccccc5n4-c4ccccc4)c3n(-c3ccccc3)c12. The Bertz CT molecular complexity index is 3050. The molecule has 0 saturated carbocycles. The maximum Gasteiger partial charge on any atom is 0.101 e. The largest absolute Gasteiger partial charge is 0.309 e. The smallest absolute Gasteiger partial charge is 0.101 e. The summed E-state index contributed by atoms with van der Waals surface area (Å²) in [6, 6.07) is 57.0. The number of para-hydroxylation sites is 5. The maximum atomic E-state index is 10.8. The van der Waals surface area contributed by atoms with Gasteiger partial charge in [0.1, 0.15) is 12.1 Å². The first kappa shape index (κ1) is 27.1. The van der Waals surface area contributed by atoms with Crippen LogP contribution in [0.4, 0.5) is 0 Å². The predicted octanol–water partition coefficient (Wildman–Crippen LogP) is 10.7. The van der Waals surface area contributed by atoms with Crippen molar-refractivity contribution < 1.29 is 0 Å². The van der Waals surface area contributed by atoms with E-state index in [2.05, 4.69) is 123 Å². The third-order valence-corrected chi connectivity index (χ3v) is 9.87. The highest BCUT2D eigenvalue weighted by atomic mass is 15.0. The first-order chi connectivity index (χ1) is 24.3. The molecule has 0 radical (unpaired) electrons. The molecule has 0 spiro atoms. The van der Waals surface area contributed by atoms with Gasteiger partial charge in [-0.25, -0.2) is 0 Å². The van der Waals surface area contributed by atoms with E-state index in [0.717, 1.165) is 82.5 Å². The topological polar surface area (TPSA) is 62.4 Å². The van der Waals surface area contributed by atoms with Crippen molar-refractivity contribution in [3.63, 3.8) is 0 Å². The lowest BCUT2D eigenvalue weighted by molar-refractivity contribution is 1.16. The van der Waals surface area contributed by atoms with Crippen molar-refractivity contribution in [3.8, 4) is 29.2 Å². The van der Waals surface area contributed by atoms with E-state index in [1.165, 1.54) is 0 Å². The van der Waals surface area contributed by atoms with Crippen molar-refractivity contribution in [2.24, 2.45) is 0 Å². The summed E-state index contributed by atoms with van der Waals surface area (Å²) in [7, 11) is 0. The average molecular weight is 624 g/mol. The summed E-state index contributed by atoms with van der Waals surface area (Å²) in [5.41, 5.74) is 10.1. The van der Waals surface area contributed by atoms with Gasteiger partial charge in [0.15, 0.2) is 0 Å². The van der Waals surface area contributed by atoms with Crippen LogP contribution in [0.3, 0.4) is 0 Å². The fourth-order valence-corrected chi connectivity index (χ4v) is 7.98. The number of hydrogen-bond acceptors (Lipinski definition) is 2. The quantitative estimate of drug-likeness (QED) is 0.197. The molecule has 10 rings (SSSR count). The number of hydrogen-bond donors (Lipinski definition) is 0. The van der Waals surface area contributed by atoms with E-state index in [4.69, 9.17) is 0 Å². The second kappa shape index (κ2) is 10.2. The predicted molar refractivity (Wildman–Crippen MR) is 199 cm³/mol. The van der Waals surface area contributed by atoms with Crippen LogP contribution in [-0.4, -0.2) is 13.7 Å². The van der Waals surface area contributed by atoms with Crippen molar-refractivity contribution in [2.75, 3.05) is 0 Å². The molecule has 0 unspecified atom stereocenters. The monoisotopic (exact) mass is 623 g/mol. The molecule has 0 N–H and O–H groups in total. The summed E-state index contributed by atoms with van der Waals surface area (Å²) in [6.45, 7) is 0. The van der Waals surface area contributed by atoms with Crippen molar-refractivity contribution >= 4 is 65.4 Å². The average Bonchev–Trinajstić information content (AvgIpc) is 3.81. The minimum absolute atomic E-state index is 0.549. The molecule has 3 heterocycles. The van der Waals surface area contributed by atoms with E-state index in [1.54, 1.807) is 0 Å². The lowest BCUT2D eigenvalue weighted by Crippen LogP contribution is -1.99. The zero-order valence-corrected chi connectivity index (χ0v) is 26.2. The van der Waals surface area contributed by atoms with Crippen molar-refractivity contribution in [1.29, 1.82) is 10.5 Å². The van der Waals surface area contributed by atoms with Gasteiger partial charge in [0.2, 0.25) is 0 Å². The Morgan fingerprint density at radius 1 is 0.367 bits per heavy atom. The van der Waals surface area contributed by atoms with E-state index >= 15 is 0 Å². The van der Waals surface area contributed by atoms with Crippen molar-refractivity contribution in [2.45, 2.75) is 0 Å². The van der Waals surface area contributed by atoms with Gasteiger partial charge in [-0.3, -0.25) is 0 Å². The van der Waals surface area contributed by atoms with Gasteiger partial charge in [0, 0.05) is 43.7 Å². The molecule has 0 fully saturated rings. The standard InChI is InChI=1S/C44H25N5/c45-26-28-13-7-10-20-36(28)49-38-22-12-9-19-34(38)41-42(49)29(27-46)25-35-32-23-24-39-40(43(32)48(44(35)41)31-16-5-2-6-17-31)33-18-8-11-21-37(33)47(39)30-14-3-1-4-15-30/h1-25H. The van der Waals surface area contributed by atoms with Crippen LogP contribution < -0.4 is 0 Å². The minimum atomic E-state index is 0.549. The van der Waals surface area contributed by atoms with Gasteiger partial charge >= 0.3 is 0 Å². The van der Waals surface area contributed by atoms with E-state index in [9.17, 15) is 10.5 Å². The Hall–Kier alpha value is -7.08. The van der Waals surface area contributed by atoms with Crippen LogP contribution in [0.1, 0.15) is 11.1 Å². The summed E-state index contributed by atoms with van der Waals surface area (Å²) >= 11 is 0. The molecule has 49 heavy (non-hydrogen) atoms. The van der Waals surface area contributed by atoms with E-state index in [1.807, 2.05) is 54.6 Å². The molecule has 0 bridgehead atoms. The second-order valence-electron chi connectivity index (χ2n) is 12.4. The molecule has 5 heteroatoms. The Labute approximate surface area is 280 Å². The molecule has 0 atom stereocenters. The summed E-state index contributed by atoms with van der Waals surface area (Å²) in [4.78, 5) is 0. The summed E-state index contributed by atoms with van der Waals surface area (Å²) in [5.74, 6) is 0. The molecule has 7 aromatic carbocycles. The van der Waals surface area contributed by atoms with Crippen LogP contribution in [0, 0.1) is 22.7 Å². The van der Waals surface area contributed by atoms with Gasteiger partial charge in [-0.05, 0) is 60.7 Å². The van der Waals surface area contributed by atoms with Crippen LogP contribution >= 0.6 is 0 Å². The molecule has 0 amide bonds. The number of nitrogens with zero attached hydrogens (tertiary/aromatic N) is 5. The Morgan fingerprint density at radius 2 is 0.918 bits per heavy atom. The van der Waals surface area contributed by atoms with Gasteiger partial charge < -0.3 is 13.7 Å². The number of benzene rings is 7. The molecule has 0 aliphatic rings. The second-order valence-corrected chi connectivity index (χ2v) is 12.4. The molecule has 5 nitrogen and oxygen atoms in total. The molecule has 10 aromatic rings. The normalized spacial score (nSPS) is 11.6. The summed E-state index contributed by atoms with van der Waals surface area (Å²) < 4.78 is 6.84. The third-order valence-electron chi connectivity index (χ3n) is 9.87. The van der Waals surface area contributed by atoms with Crippen molar-refractivity contribution in [1.82, 2.24) is 13.7 Å². The highest BCUT2D eigenvalue weighted by molar-refractivity contribution is 6.32. The first-order valence-corrected chi connectivity index (χ1v) is 16.3. The number of rotatable bonds is 3. The number of aromatic nitrogens is 3. The molecule has 0 saturated heterocycles. The van der Waals surface area contributed by atoms with Crippen LogP contribution in [0.2, 0.25) is 0 Å². The lowest BCUT2D eigenvalue weighted by atomic mass is 10.0. The molecule has 226 valence electrons. The highest BCUT2D eigenvalue weighted by Crippen LogP contribution is 2.47. The molecule has 3 aromatic heterocycles. The molecular formula is C44H25N5. The van der Waals surface area contributed by atoms with E-state index in [-0.39, 0.29) is 0 Å². The Morgan fingerprint density at radius 3 is 1.61 bits per heavy atom. The zero-order chi connectivity index (χ0) is 32.6. The summed E-state index contributed by atoms with van der Waals surface area (Å²) in [6.07, 6.45) is 0. The van der Waals surface area contributed by atoms with Crippen molar-refractivity contribution in [3.05, 3.63) is 163 Å². The van der Waals surface area contributed by atoms with Gasteiger partial charge in [-0.15, -0.1) is 0 Å². The number of nitriles is 2. The molecular weight excluding hydrogens is 599 g/mol. The fraction of sp³-hybridized carbons (Fsp3) is 0. The third kappa shape index (κ3) is 3.62. The Balaban J connectivity index is 1.51. The lowest BCUT2D eigenvalue weighted by Gasteiger charge is -2.12. The van der Waals surface area contributed by atoms with E-state index in [0.29, 0.717) is 11.1 Å². The Kier molecular flexibility index (Phi) is 5.64. The van der Waals surface area contributed by atoms with Gasteiger partial charge in [-0.2, -0.15) is 10.5 Å². The summed E-state index contributed by atoms with van der Waals surface area (Å²) in [5, 5.41) is 27.4. The van der Waals surface area contributed by atoms with Crippen LogP contribution in [0.15, 0.2) is 152 Å².